The highest BCUT2D eigenvalue weighted by Gasteiger charge is 2.06. The van der Waals surface area contributed by atoms with Crippen LogP contribution in [0, 0.1) is 0 Å². The van der Waals surface area contributed by atoms with E-state index in [0.717, 1.165) is 50.5 Å². The van der Waals surface area contributed by atoms with Crippen LogP contribution < -0.4 is 4.90 Å². The maximum atomic E-state index is 4.70. The maximum absolute atomic E-state index is 4.70. The molecule has 2 aliphatic heterocycles. The number of aromatic nitrogens is 4. The SMILES string of the molecule is CN(C)c1cc2cc3ccc(cc4nc(cc5nc(cc1[nH]2)C=C5)C=C4)[nH]3. The molecular weight excluding hydrogens is 334 g/mol. The van der Waals surface area contributed by atoms with Crippen LogP contribution in [0.1, 0.15) is 22.8 Å². The van der Waals surface area contributed by atoms with Crippen molar-refractivity contribution in [3.8, 4) is 0 Å². The van der Waals surface area contributed by atoms with Gasteiger partial charge in [0.05, 0.1) is 34.0 Å². The van der Waals surface area contributed by atoms with Crippen LogP contribution in [0.15, 0.2) is 42.5 Å². The third-order valence-corrected chi connectivity index (χ3v) is 4.63. The van der Waals surface area contributed by atoms with E-state index in [1.807, 2.05) is 50.5 Å². The Morgan fingerprint density at radius 1 is 0.630 bits per heavy atom. The summed E-state index contributed by atoms with van der Waals surface area (Å²) in [5, 5.41) is 0. The molecule has 0 fully saturated rings. The highest BCUT2D eigenvalue weighted by Crippen LogP contribution is 2.24. The van der Waals surface area contributed by atoms with Crippen molar-refractivity contribution in [3.63, 3.8) is 0 Å². The van der Waals surface area contributed by atoms with Gasteiger partial charge in [-0.1, -0.05) is 0 Å². The summed E-state index contributed by atoms with van der Waals surface area (Å²) in [6.45, 7) is 0. The Balaban J connectivity index is 1.86. The van der Waals surface area contributed by atoms with Gasteiger partial charge in [0.2, 0.25) is 0 Å². The minimum absolute atomic E-state index is 0.907. The summed E-state index contributed by atoms with van der Waals surface area (Å²) in [7, 11) is 4.09. The zero-order valence-corrected chi connectivity index (χ0v) is 15.2. The Morgan fingerprint density at radius 2 is 1.22 bits per heavy atom. The van der Waals surface area contributed by atoms with Gasteiger partial charge in [-0.25, -0.2) is 9.97 Å². The number of aromatic amines is 2. The Morgan fingerprint density at radius 3 is 1.89 bits per heavy atom. The summed E-state index contributed by atoms with van der Waals surface area (Å²) < 4.78 is 0. The molecule has 0 saturated heterocycles. The van der Waals surface area contributed by atoms with Crippen LogP contribution in [0.2, 0.25) is 0 Å². The van der Waals surface area contributed by atoms with Gasteiger partial charge in [-0.2, -0.15) is 0 Å². The molecule has 3 aromatic heterocycles. The molecule has 0 saturated carbocycles. The van der Waals surface area contributed by atoms with Crippen molar-refractivity contribution in [2.24, 2.45) is 0 Å². The monoisotopic (exact) mass is 353 g/mol. The van der Waals surface area contributed by atoms with Crippen molar-refractivity contribution in [2.45, 2.75) is 0 Å². The molecule has 0 spiro atoms. The third kappa shape index (κ3) is 3.04. The van der Waals surface area contributed by atoms with E-state index < -0.39 is 0 Å². The van der Waals surface area contributed by atoms with Crippen molar-refractivity contribution in [1.29, 1.82) is 0 Å². The number of hydrogen-bond donors (Lipinski definition) is 2. The van der Waals surface area contributed by atoms with Crippen LogP contribution in [-0.2, 0) is 0 Å². The molecule has 5 nitrogen and oxygen atoms in total. The summed E-state index contributed by atoms with van der Waals surface area (Å²) in [6, 6.07) is 14.5. The molecule has 0 aliphatic carbocycles. The van der Waals surface area contributed by atoms with Gasteiger partial charge < -0.3 is 14.9 Å². The third-order valence-electron chi connectivity index (χ3n) is 4.63. The van der Waals surface area contributed by atoms with Gasteiger partial charge >= 0.3 is 0 Å². The van der Waals surface area contributed by atoms with Crippen LogP contribution in [0.25, 0.3) is 46.4 Å². The van der Waals surface area contributed by atoms with Crippen molar-refractivity contribution < 1.29 is 0 Å². The van der Waals surface area contributed by atoms with Gasteiger partial charge in [0.1, 0.15) is 0 Å². The van der Waals surface area contributed by atoms with Gasteiger partial charge in [0, 0.05) is 30.6 Å². The van der Waals surface area contributed by atoms with E-state index in [1.165, 1.54) is 0 Å². The molecule has 0 amide bonds. The summed E-state index contributed by atoms with van der Waals surface area (Å²) >= 11 is 0. The summed E-state index contributed by atoms with van der Waals surface area (Å²) in [5.41, 5.74) is 8.93. The first-order chi connectivity index (χ1) is 13.1. The van der Waals surface area contributed by atoms with Crippen LogP contribution in [0.4, 0.5) is 5.69 Å². The molecule has 5 rings (SSSR count). The predicted octanol–water partition coefficient (Wildman–Crippen LogP) is 4.72. The summed E-state index contributed by atoms with van der Waals surface area (Å²) in [4.78, 5) is 18.4. The van der Waals surface area contributed by atoms with Crippen molar-refractivity contribution in [1.82, 2.24) is 19.9 Å². The quantitative estimate of drug-likeness (QED) is 0.458. The second-order valence-electron chi connectivity index (χ2n) is 6.95. The summed E-state index contributed by atoms with van der Waals surface area (Å²) in [6.07, 6.45) is 8.08. The molecule has 5 heterocycles. The van der Waals surface area contributed by atoms with E-state index in [4.69, 9.17) is 4.98 Å². The van der Waals surface area contributed by atoms with E-state index in [9.17, 15) is 0 Å². The lowest BCUT2D eigenvalue weighted by Crippen LogP contribution is -2.07. The lowest BCUT2D eigenvalue weighted by molar-refractivity contribution is 1.14. The van der Waals surface area contributed by atoms with E-state index in [2.05, 4.69) is 50.2 Å². The molecule has 8 bridgehead atoms. The van der Waals surface area contributed by atoms with Gasteiger partial charge in [-0.05, 0) is 66.8 Å². The summed E-state index contributed by atoms with van der Waals surface area (Å²) in [5.74, 6) is 0. The number of anilines is 1. The fraction of sp³-hybridized carbons (Fsp3) is 0.0909. The molecule has 132 valence electrons. The van der Waals surface area contributed by atoms with Crippen molar-refractivity contribution in [3.05, 3.63) is 65.2 Å². The van der Waals surface area contributed by atoms with Gasteiger partial charge in [-0.3, -0.25) is 0 Å². The Hall–Kier alpha value is -3.60. The topological polar surface area (TPSA) is 60.6 Å². The molecule has 0 aromatic carbocycles. The number of nitrogens with one attached hydrogen (secondary N) is 2. The molecule has 2 aliphatic rings. The first-order valence-electron chi connectivity index (χ1n) is 8.88. The molecular formula is C22H19N5. The highest BCUT2D eigenvalue weighted by atomic mass is 15.1. The largest absolute Gasteiger partial charge is 0.376 e. The molecule has 0 radical (unpaired) electrons. The van der Waals surface area contributed by atoms with E-state index >= 15 is 0 Å². The maximum Gasteiger partial charge on any atom is 0.0659 e. The smallest absolute Gasteiger partial charge is 0.0659 e. The minimum Gasteiger partial charge on any atom is -0.376 e. The standard InChI is InChI=1S/C22H19N5/c1-27(2)22-13-20-11-18-6-5-16(24-18)9-14-3-4-15(23-14)10-17-7-8-19(25-17)12-21(22)26-20/h3-13,24,26H,1-2H3. The minimum atomic E-state index is 0.907. The Labute approximate surface area is 156 Å². The average Bonchev–Trinajstić information content (AvgIpc) is 3.38. The van der Waals surface area contributed by atoms with Crippen molar-refractivity contribution >= 4 is 52.1 Å². The zero-order valence-electron chi connectivity index (χ0n) is 15.2. The fourth-order valence-electron chi connectivity index (χ4n) is 3.37. The lowest BCUT2D eigenvalue weighted by atomic mass is 10.3. The van der Waals surface area contributed by atoms with Gasteiger partial charge in [0.25, 0.3) is 0 Å². The molecule has 5 heteroatoms. The van der Waals surface area contributed by atoms with Crippen LogP contribution in [0.3, 0.4) is 0 Å². The number of H-pyrrole nitrogens is 2. The van der Waals surface area contributed by atoms with E-state index in [0.29, 0.717) is 0 Å². The predicted molar refractivity (Wildman–Crippen MR) is 113 cm³/mol. The van der Waals surface area contributed by atoms with E-state index in [1.54, 1.807) is 0 Å². The second-order valence-corrected chi connectivity index (χ2v) is 6.95. The lowest BCUT2D eigenvalue weighted by Gasteiger charge is -2.09. The molecule has 0 atom stereocenters. The fourth-order valence-corrected chi connectivity index (χ4v) is 3.37. The zero-order chi connectivity index (χ0) is 18.4. The number of nitrogens with zero attached hydrogens (tertiary/aromatic N) is 3. The normalized spacial score (nSPS) is 12.5. The van der Waals surface area contributed by atoms with Crippen LogP contribution in [0.5, 0.6) is 0 Å². The highest BCUT2D eigenvalue weighted by molar-refractivity contribution is 5.84. The second kappa shape index (κ2) is 5.99. The molecule has 3 aromatic rings. The van der Waals surface area contributed by atoms with Crippen LogP contribution in [-0.4, -0.2) is 34.0 Å². The number of rotatable bonds is 1. The first-order valence-corrected chi connectivity index (χ1v) is 8.88. The van der Waals surface area contributed by atoms with Crippen LogP contribution >= 0.6 is 0 Å². The Bertz CT molecular complexity index is 1250. The van der Waals surface area contributed by atoms with Gasteiger partial charge in [0.15, 0.2) is 0 Å². The first kappa shape index (κ1) is 15.6. The number of hydrogen-bond acceptors (Lipinski definition) is 3. The average molecular weight is 353 g/mol. The van der Waals surface area contributed by atoms with E-state index in [-0.39, 0.29) is 0 Å². The molecule has 0 unspecified atom stereocenters. The Kier molecular flexibility index (Phi) is 3.47. The van der Waals surface area contributed by atoms with Gasteiger partial charge in [-0.15, -0.1) is 0 Å². The number of fused-ring (bicyclic) bond motifs is 8. The molecule has 2 N–H and O–H groups in total. The molecule has 27 heavy (non-hydrogen) atoms. The van der Waals surface area contributed by atoms with Crippen molar-refractivity contribution in [2.75, 3.05) is 19.0 Å².